The molecule has 2 amide bonds. The fraction of sp³-hybridized carbons (Fsp3) is 0.429. The van der Waals surface area contributed by atoms with Crippen LogP contribution in [0.1, 0.15) is 30.7 Å². The van der Waals surface area contributed by atoms with Crippen molar-refractivity contribution in [2.45, 2.75) is 45.2 Å². The Morgan fingerprint density at radius 1 is 1.10 bits per heavy atom. The Morgan fingerprint density at radius 3 is 2.40 bits per heavy atom. The highest BCUT2D eigenvalue weighted by Crippen LogP contribution is 2.28. The fourth-order valence-corrected chi connectivity index (χ4v) is 4.21. The highest BCUT2D eigenvalue weighted by molar-refractivity contribution is 6.31. The first kappa shape index (κ1) is 20.7. The van der Waals surface area contributed by atoms with Gasteiger partial charge in [-0.25, -0.2) is 19.3 Å². The molecule has 7 nitrogen and oxygen atoms in total. The summed E-state index contributed by atoms with van der Waals surface area (Å²) in [5.74, 6) is -0.504. The van der Waals surface area contributed by atoms with Crippen LogP contribution < -0.4 is 15.1 Å². The third-order valence-electron chi connectivity index (χ3n) is 5.49. The number of amides is 2. The lowest BCUT2D eigenvalue weighted by atomic mass is 10.0. The van der Waals surface area contributed by atoms with Gasteiger partial charge in [0.05, 0.1) is 23.2 Å². The van der Waals surface area contributed by atoms with Crippen molar-refractivity contribution in [2.24, 2.45) is 0 Å². The van der Waals surface area contributed by atoms with E-state index in [1.165, 1.54) is 12.1 Å². The van der Waals surface area contributed by atoms with Crippen LogP contribution in [0.4, 0.5) is 16.0 Å². The molecule has 2 saturated heterocycles. The van der Waals surface area contributed by atoms with Crippen LogP contribution in [0.15, 0.2) is 24.3 Å². The Balaban J connectivity index is 1.38. The van der Waals surface area contributed by atoms with E-state index in [1.54, 1.807) is 0 Å². The Hall–Kier alpha value is -2.58. The maximum absolute atomic E-state index is 13.4. The summed E-state index contributed by atoms with van der Waals surface area (Å²) in [6, 6.07) is 5.32. The van der Waals surface area contributed by atoms with Gasteiger partial charge in [-0.15, -0.1) is 0 Å². The SMILES string of the molecule is Cc1cc(C)nc(N2CCC(N[C@H]3CC(=O)N(c4ccc(F)c(Cl)c4)C3=O)CC2)n1. The van der Waals surface area contributed by atoms with E-state index in [0.29, 0.717) is 5.69 Å². The van der Waals surface area contributed by atoms with E-state index in [-0.39, 0.29) is 29.3 Å². The van der Waals surface area contributed by atoms with Gasteiger partial charge in [0, 0.05) is 30.5 Å². The second-order valence-electron chi connectivity index (χ2n) is 7.80. The predicted octanol–water partition coefficient (Wildman–Crippen LogP) is 2.78. The number of hydrogen-bond donors (Lipinski definition) is 1. The molecule has 1 aromatic heterocycles. The molecule has 9 heteroatoms. The van der Waals surface area contributed by atoms with Gasteiger partial charge in [0.1, 0.15) is 5.82 Å². The van der Waals surface area contributed by atoms with Gasteiger partial charge in [0.25, 0.3) is 5.91 Å². The zero-order valence-corrected chi connectivity index (χ0v) is 17.6. The number of anilines is 2. The van der Waals surface area contributed by atoms with Crippen molar-refractivity contribution in [3.63, 3.8) is 0 Å². The second kappa shape index (κ2) is 8.28. The number of carbonyl (C=O) groups excluding carboxylic acids is 2. The van der Waals surface area contributed by atoms with E-state index in [2.05, 4.69) is 20.2 Å². The van der Waals surface area contributed by atoms with Gasteiger partial charge in [-0.1, -0.05) is 11.6 Å². The summed E-state index contributed by atoms with van der Waals surface area (Å²) in [4.78, 5) is 37.5. The maximum atomic E-state index is 13.4. The average molecular weight is 432 g/mol. The molecule has 0 aliphatic carbocycles. The lowest BCUT2D eigenvalue weighted by Gasteiger charge is -2.33. The number of benzene rings is 1. The van der Waals surface area contributed by atoms with Crippen LogP contribution in [0.5, 0.6) is 0 Å². The first-order valence-electron chi connectivity index (χ1n) is 9.97. The molecule has 0 spiro atoms. The number of imide groups is 1. The zero-order chi connectivity index (χ0) is 21.4. The van der Waals surface area contributed by atoms with Crippen molar-refractivity contribution in [1.29, 1.82) is 0 Å². The molecule has 158 valence electrons. The van der Waals surface area contributed by atoms with Crippen LogP contribution >= 0.6 is 11.6 Å². The molecule has 2 aromatic rings. The van der Waals surface area contributed by atoms with Crippen molar-refractivity contribution in [3.05, 3.63) is 46.5 Å². The quantitative estimate of drug-likeness (QED) is 0.750. The molecule has 0 unspecified atom stereocenters. The van der Waals surface area contributed by atoms with Crippen LogP contribution in [-0.4, -0.2) is 47.0 Å². The molecule has 4 rings (SSSR count). The molecule has 1 atom stereocenters. The lowest BCUT2D eigenvalue weighted by Crippen LogP contribution is -2.49. The van der Waals surface area contributed by atoms with Gasteiger partial charge in [-0.3, -0.25) is 9.59 Å². The van der Waals surface area contributed by atoms with Crippen LogP contribution in [0.3, 0.4) is 0 Å². The molecule has 2 fully saturated rings. The van der Waals surface area contributed by atoms with Crippen molar-refractivity contribution < 1.29 is 14.0 Å². The highest BCUT2D eigenvalue weighted by Gasteiger charge is 2.41. The van der Waals surface area contributed by atoms with Gasteiger partial charge in [-0.05, 0) is 51.0 Å². The summed E-state index contributed by atoms with van der Waals surface area (Å²) < 4.78 is 13.4. The minimum atomic E-state index is -0.589. The van der Waals surface area contributed by atoms with Gasteiger partial charge in [0.15, 0.2) is 0 Å². The Labute approximate surface area is 179 Å². The van der Waals surface area contributed by atoms with Gasteiger partial charge in [-0.2, -0.15) is 0 Å². The average Bonchev–Trinajstić information content (AvgIpc) is 2.97. The summed E-state index contributed by atoms with van der Waals surface area (Å²) in [5.41, 5.74) is 2.17. The Bertz CT molecular complexity index is 973. The van der Waals surface area contributed by atoms with E-state index in [9.17, 15) is 14.0 Å². The van der Waals surface area contributed by atoms with Gasteiger partial charge >= 0.3 is 0 Å². The van der Waals surface area contributed by atoms with Crippen LogP contribution in [0.2, 0.25) is 5.02 Å². The van der Waals surface area contributed by atoms with Crippen molar-refractivity contribution in [3.8, 4) is 0 Å². The maximum Gasteiger partial charge on any atom is 0.251 e. The van der Waals surface area contributed by atoms with Gasteiger partial charge in [0.2, 0.25) is 11.9 Å². The Morgan fingerprint density at radius 2 is 1.77 bits per heavy atom. The number of rotatable bonds is 4. The number of aryl methyl sites for hydroxylation is 2. The minimum Gasteiger partial charge on any atom is -0.341 e. The standard InChI is InChI=1S/C21H23ClFN5O2/c1-12-9-13(2)25-21(24-12)27-7-5-14(6-8-27)26-18-11-19(29)28(20(18)30)15-3-4-17(23)16(22)10-15/h3-4,9-10,14,18,26H,5-8,11H2,1-2H3/t18-/m0/s1. The number of piperidine rings is 1. The van der Waals surface area contributed by atoms with Gasteiger partial charge < -0.3 is 10.2 Å². The summed E-state index contributed by atoms with van der Waals surface area (Å²) in [6.07, 6.45) is 1.71. The first-order chi connectivity index (χ1) is 14.3. The Kier molecular flexibility index (Phi) is 5.71. The molecule has 2 aliphatic heterocycles. The summed E-state index contributed by atoms with van der Waals surface area (Å²) in [5, 5.41) is 3.21. The summed E-state index contributed by atoms with van der Waals surface area (Å²) in [7, 11) is 0. The number of nitrogens with one attached hydrogen (secondary N) is 1. The molecule has 1 N–H and O–H groups in total. The number of aromatic nitrogens is 2. The van der Waals surface area contributed by atoms with Crippen LogP contribution in [0.25, 0.3) is 0 Å². The molecule has 1 aromatic carbocycles. The lowest BCUT2D eigenvalue weighted by molar-refractivity contribution is -0.121. The molecule has 0 radical (unpaired) electrons. The van der Waals surface area contributed by atoms with E-state index in [1.807, 2.05) is 19.9 Å². The normalized spacial score (nSPS) is 20.3. The molecule has 2 aliphatic rings. The number of carbonyl (C=O) groups is 2. The largest absolute Gasteiger partial charge is 0.341 e. The number of halogens is 2. The highest BCUT2D eigenvalue weighted by atomic mass is 35.5. The molecule has 0 saturated carbocycles. The van der Waals surface area contributed by atoms with E-state index >= 15 is 0 Å². The molecule has 30 heavy (non-hydrogen) atoms. The third kappa shape index (κ3) is 4.15. The summed E-state index contributed by atoms with van der Waals surface area (Å²) in [6.45, 7) is 5.45. The number of nitrogens with zero attached hydrogens (tertiary/aromatic N) is 4. The topological polar surface area (TPSA) is 78.4 Å². The predicted molar refractivity (Wildman–Crippen MR) is 112 cm³/mol. The van der Waals surface area contributed by atoms with Crippen LogP contribution in [-0.2, 0) is 9.59 Å². The minimum absolute atomic E-state index is 0.0776. The second-order valence-corrected chi connectivity index (χ2v) is 8.21. The zero-order valence-electron chi connectivity index (χ0n) is 16.9. The smallest absolute Gasteiger partial charge is 0.251 e. The van der Waals surface area contributed by atoms with E-state index in [0.717, 1.165) is 54.2 Å². The fourth-order valence-electron chi connectivity index (χ4n) is 4.04. The number of hydrogen-bond acceptors (Lipinski definition) is 6. The van der Waals surface area contributed by atoms with E-state index < -0.39 is 11.9 Å². The summed E-state index contributed by atoms with van der Waals surface area (Å²) >= 11 is 5.81. The third-order valence-corrected chi connectivity index (χ3v) is 5.78. The molecular weight excluding hydrogens is 409 g/mol. The van der Waals surface area contributed by atoms with Crippen molar-refractivity contribution in [1.82, 2.24) is 15.3 Å². The first-order valence-corrected chi connectivity index (χ1v) is 10.3. The van der Waals surface area contributed by atoms with Crippen molar-refractivity contribution in [2.75, 3.05) is 22.9 Å². The molecular formula is C21H23ClFN5O2. The monoisotopic (exact) mass is 431 g/mol. The van der Waals surface area contributed by atoms with Crippen LogP contribution in [0, 0.1) is 19.7 Å². The van der Waals surface area contributed by atoms with Crippen molar-refractivity contribution >= 4 is 35.1 Å². The molecule has 3 heterocycles. The molecule has 0 bridgehead atoms. The van der Waals surface area contributed by atoms with E-state index in [4.69, 9.17) is 11.6 Å².